The van der Waals surface area contributed by atoms with E-state index in [0.29, 0.717) is 0 Å². The Morgan fingerprint density at radius 2 is 1.93 bits per heavy atom. The third kappa shape index (κ3) is 3.03. The summed E-state index contributed by atoms with van der Waals surface area (Å²) in [5.41, 5.74) is 8.65. The maximum atomic E-state index is 6.11. The quantitative estimate of drug-likeness (QED) is 0.856. The highest BCUT2D eigenvalue weighted by Gasteiger charge is 2.06. The molecule has 0 spiro atoms. The van der Waals surface area contributed by atoms with Crippen molar-refractivity contribution in [2.45, 2.75) is 12.5 Å². The van der Waals surface area contributed by atoms with Crippen molar-refractivity contribution in [1.82, 2.24) is 0 Å². The van der Waals surface area contributed by atoms with Gasteiger partial charge in [0.25, 0.3) is 0 Å². The van der Waals surface area contributed by atoms with E-state index in [1.54, 1.807) is 11.3 Å². The van der Waals surface area contributed by atoms with Gasteiger partial charge < -0.3 is 5.73 Å². The lowest BCUT2D eigenvalue weighted by Crippen LogP contribution is -2.12. The van der Waals surface area contributed by atoms with E-state index in [9.17, 15) is 0 Å². The van der Waals surface area contributed by atoms with Gasteiger partial charge in [0.2, 0.25) is 0 Å². The molecule has 0 radical (unpaired) electrons. The van der Waals surface area contributed by atoms with Crippen LogP contribution in [0.25, 0.3) is 0 Å². The predicted octanol–water partition coefficient (Wildman–Crippen LogP) is 3.60. The van der Waals surface area contributed by atoms with E-state index in [1.165, 1.54) is 14.7 Å². The second-order valence-electron chi connectivity index (χ2n) is 3.49. The van der Waals surface area contributed by atoms with Gasteiger partial charge in [-0.3, -0.25) is 0 Å². The molecular weight excluding hydrogens is 317 g/mol. The van der Waals surface area contributed by atoms with Crippen LogP contribution in [0.15, 0.2) is 41.1 Å². The van der Waals surface area contributed by atoms with Crippen LogP contribution in [0.5, 0.6) is 0 Å². The zero-order valence-corrected chi connectivity index (χ0v) is 11.2. The molecule has 1 atom stereocenters. The number of benzene rings is 1. The van der Waals surface area contributed by atoms with Crippen LogP contribution in [0, 0.1) is 3.57 Å². The Hall–Kier alpha value is -0.390. The summed E-state index contributed by atoms with van der Waals surface area (Å²) in [5, 5.41) is 4.19. The third-order valence-corrected chi connectivity index (χ3v) is 3.76. The van der Waals surface area contributed by atoms with Crippen molar-refractivity contribution in [3.8, 4) is 0 Å². The summed E-state index contributed by atoms with van der Waals surface area (Å²) >= 11 is 4.01. The lowest BCUT2D eigenvalue weighted by Gasteiger charge is -2.09. The summed E-state index contributed by atoms with van der Waals surface area (Å²) in [5.74, 6) is 0. The summed E-state index contributed by atoms with van der Waals surface area (Å²) in [6.45, 7) is 0. The highest BCUT2D eigenvalue weighted by Crippen LogP contribution is 2.19. The van der Waals surface area contributed by atoms with Crippen molar-refractivity contribution in [2.24, 2.45) is 5.73 Å². The van der Waals surface area contributed by atoms with Crippen LogP contribution in [-0.2, 0) is 6.42 Å². The molecule has 0 bridgehead atoms. The van der Waals surface area contributed by atoms with Crippen molar-refractivity contribution in [3.05, 3.63) is 55.8 Å². The van der Waals surface area contributed by atoms with Gasteiger partial charge in [0.05, 0.1) is 0 Å². The van der Waals surface area contributed by atoms with Gasteiger partial charge in [-0.05, 0) is 69.1 Å². The number of thiophene rings is 1. The van der Waals surface area contributed by atoms with Crippen molar-refractivity contribution in [1.29, 1.82) is 0 Å². The zero-order chi connectivity index (χ0) is 10.7. The lowest BCUT2D eigenvalue weighted by atomic mass is 10.0. The first kappa shape index (κ1) is 11.1. The SMILES string of the molecule is NC(Cc1ccc(I)cc1)c1ccsc1. The Bertz CT molecular complexity index is 408. The summed E-state index contributed by atoms with van der Waals surface area (Å²) < 4.78 is 1.26. The van der Waals surface area contributed by atoms with Crippen LogP contribution in [0.3, 0.4) is 0 Å². The van der Waals surface area contributed by atoms with Gasteiger partial charge in [0, 0.05) is 9.61 Å². The molecule has 0 fully saturated rings. The van der Waals surface area contributed by atoms with Crippen molar-refractivity contribution >= 4 is 33.9 Å². The number of hydrogen-bond donors (Lipinski definition) is 1. The average Bonchev–Trinajstić information content (AvgIpc) is 2.74. The van der Waals surface area contributed by atoms with Crippen LogP contribution >= 0.6 is 33.9 Å². The molecular formula is C12H12INS. The van der Waals surface area contributed by atoms with Gasteiger partial charge in [-0.15, -0.1) is 0 Å². The number of halogens is 1. The topological polar surface area (TPSA) is 26.0 Å². The lowest BCUT2D eigenvalue weighted by molar-refractivity contribution is 0.725. The first-order valence-electron chi connectivity index (χ1n) is 4.78. The minimum absolute atomic E-state index is 0.122. The van der Waals surface area contributed by atoms with Crippen molar-refractivity contribution < 1.29 is 0 Å². The Kier molecular flexibility index (Phi) is 3.77. The molecule has 2 N–H and O–H groups in total. The van der Waals surface area contributed by atoms with Crippen LogP contribution in [0.2, 0.25) is 0 Å². The smallest absolute Gasteiger partial charge is 0.0344 e. The highest BCUT2D eigenvalue weighted by molar-refractivity contribution is 14.1. The second-order valence-corrected chi connectivity index (χ2v) is 5.52. The van der Waals surface area contributed by atoms with Gasteiger partial charge in [-0.25, -0.2) is 0 Å². The molecule has 0 saturated heterocycles. The summed E-state index contributed by atoms with van der Waals surface area (Å²) in [7, 11) is 0. The van der Waals surface area contributed by atoms with E-state index in [1.807, 2.05) is 0 Å². The maximum absolute atomic E-state index is 6.11. The van der Waals surface area contributed by atoms with Crippen LogP contribution in [0.4, 0.5) is 0 Å². The summed E-state index contributed by atoms with van der Waals surface area (Å²) in [4.78, 5) is 0. The van der Waals surface area contributed by atoms with Crippen molar-refractivity contribution in [3.63, 3.8) is 0 Å². The average molecular weight is 329 g/mol. The Morgan fingerprint density at radius 1 is 1.20 bits per heavy atom. The number of hydrogen-bond acceptors (Lipinski definition) is 2. The van der Waals surface area contributed by atoms with E-state index < -0.39 is 0 Å². The first-order valence-corrected chi connectivity index (χ1v) is 6.80. The second kappa shape index (κ2) is 5.09. The van der Waals surface area contributed by atoms with Crippen LogP contribution in [0.1, 0.15) is 17.2 Å². The highest BCUT2D eigenvalue weighted by atomic mass is 127. The van der Waals surface area contributed by atoms with Gasteiger partial charge >= 0.3 is 0 Å². The molecule has 0 saturated carbocycles. The normalized spacial score (nSPS) is 12.7. The fourth-order valence-electron chi connectivity index (χ4n) is 1.48. The van der Waals surface area contributed by atoms with Gasteiger partial charge in [0.1, 0.15) is 0 Å². The van der Waals surface area contributed by atoms with E-state index in [-0.39, 0.29) is 6.04 Å². The molecule has 1 unspecified atom stereocenters. The molecule has 2 rings (SSSR count). The zero-order valence-electron chi connectivity index (χ0n) is 8.19. The van der Waals surface area contributed by atoms with E-state index in [2.05, 4.69) is 63.7 Å². The fraction of sp³-hybridized carbons (Fsp3) is 0.167. The molecule has 1 heterocycles. The molecule has 1 aromatic carbocycles. The van der Waals surface area contributed by atoms with Gasteiger partial charge in [0.15, 0.2) is 0 Å². The number of rotatable bonds is 3. The van der Waals surface area contributed by atoms with E-state index >= 15 is 0 Å². The van der Waals surface area contributed by atoms with E-state index in [4.69, 9.17) is 5.73 Å². The Morgan fingerprint density at radius 3 is 2.53 bits per heavy atom. The summed E-state index contributed by atoms with van der Waals surface area (Å²) in [6, 6.07) is 10.8. The molecule has 0 aliphatic heterocycles. The summed E-state index contributed by atoms with van der Waals surface area (Å²) in [6.07, 6.45) is 0.910. The fourth-order valence-corrected chi connectivity index (χ4v) is 2.56. The van der Waals surface area contributed by atoms with Gasteiger partial charge in [-0.1, -0.05) is 12.1 Å². The minimum atomic E-state index is 0.122. The first-order chi connectivity index (χ1) is 7.25. The molecule has 0 aliphatic rings. The van der Waals surface area contributed by atoms with Crippen LogP contribution < -0.4 is 5.73 Å². The Labute approximate surface area is 107 Å². The molecule has 1 nitrogen and oxygen atoms in total. The molecule has 3 heteroatoms. The molecule has 0 amide bonds. The van der Waals surface area contributed by atoms with Gasteiger partial charge in [-0.2, -0.15) is 11.3 Å². The number of nitrogens with two attached hydrogens (primary N) is 1. The largest absolute Gasteiger partial charge is 0.324 e. The third-order valence-electron chi connectivity index (χ3n) is 2.34. The predicted molar refractivity (Wildman–Crippen MR) is 74.1 cm³/mol. The molecule has 2 aromatic rings. The van der Waals surface area contributed by atoms with E-state index in [0.717, 1.165) is 6.42 Å². The Balaban J connectivity index is 2.06. The van der Waals surface area contributed by atoms with Crippen molar-refractivity contribution in [2.75, 3.05) is 0 Å². The minimum Gasteiger partial charge on any atom is -0.324 e. The molecule has 0 aliphatic carbocycles. The monoisotopic (exact) mass is 329 g/mol. The maximum Gasteiger partial charge on any atom is 0.0344 e. The van der Waals surface area contributed by atoms with Crippen LogP contribution in [-0.4, -0.2) is 0 Å². The standard InChI is InChI=1S/C12H12INS/c13-11-3-1-9(2-4-11)7-12(14)10-5-6-15-8-10/h1-6,8,12H,7,14H2. The molecule has 78 valence electrons. The molecule has 1 aromatic heterocycles. The molecule has 15 heavy (non-hydrogen) atoms.